The molecule has 1 aliphatic heterocycles. The molecule has 0 N–H and O–H groups in total. The first-order valence-corrected chi connectivity index (χ1v) is 5.10. The first kappa shape index (κ1) is 11.5. The molecule has 1 aliphatic rings. The van der Waals surface area contributed by atoms with Crippen molar-refractivity contribution in [2.45, 2.75) is 64.8 Å². The summed E-state index contributed by atoms with van der Waals surface area (Å²) in [7, 11) is 0. The third-order valence-corrected chi connectivity index (χ3v) is 2.19. The second-order valence-electron chi connectivity index (χ2n) is 5.34. The van der Waals surface area contributed by atoms with Crippen molar-refractivity contribution in [3.8, 4) is 0 Å². The SMILES string of the molecule is CC(C)(C)OC(=O)CCC1OC1(C)C. The van der Waals surface area contributed by atoms with Crippen molar-refractivity contribution in [3.63, 3.8) is 0 Å². The summed E-state index contributed by atoms with van der Waals surface area (Å²) in [4.78, 5) is 11.3. The molecule has 0 amide bonds. The lowest BCUT2D eigenvalue weighted by Crippen LogP contribution is -2.24. The molecule has 1 saturated heterocycles. The molecule has 0 spiro atoms. The standard InChI is InChI=1S/C11H20O3/c1-10(2,3)14-9(12)7-6-8-11(4,5)13-8/h8H,6-7H2,1-5H3. The van der Waals surface area contributed by atoms with Gasteiger partial charge in [0.05, 0.1) is 11.7 Å². The molecule has 0 radical (unpaired) electrons. The molecule has 0 aliphatic carbocycles. The van der Waals surface area contributed by atoms with Crippen LogP contribution in [-0.2, 0) is 14.3 Å². The number of carbonyl (C=O) groups excluding carboxylic acids is 1. The topological polar surface area (TPSA) is 38.8 Å². The highest BCUT2D eigenvalue weighted by atomic mass is 16.6. The van der Waals surface area contributed by atoms with E-state index in [9.17, 15) is 4.79 Å². The van der Waals surface area contributed by atoms with Gasteiger partial charge < -0.3 is 9.47 Å². The zero-order chi connectivity index (χ0) is 11.0. The Bertz CT molecular complexity index is 225. The molecule has 3 nitrogen and oxygen atoms in total. The number of epoxide rings is 1. The normalized spacial score (nSPS) is 24.5. The van der Waals surface area contributed by atoms with Crippen LogP contribution in [0.15, 0.2) is 0 Å². The van der Waals surface area contributed by atoms with Crippen LogP contribution in [0.5, 0.6) is 0 Å². The number of hydrogen-bond acceptors (Lipinski definition) is 3. The Labute approximate surface area is 85.8 Å². The molecule has 14 heavy (non-hydrogen) atoms. The van der Waals surface area contributed by atoms with Gasteiger partial charge in [0.25, 0.3) is 0 Å². The Balaban J connectivity index is 2.17. The quantitative estimate of drug-likeness (QED) is 0.518. The van der Waals surface area contributed by atoms with Crippen molar-refractivity contribution in [2.75, 3.05) is 0 Å². The van der Waals surface area contributed by atoms with Gasteiger partial charge in [-0.2, -0.15) is 0 Å². The Hall–Kier alpha value is -0.570. The first-order valence-electron chi connectivity index (χ1n) is 5.10. The van der Waals surface area contributed by atoms with Crippen molar-refractivity contribution in [3.05, 3.63) is 0 Å². The van der Waals surface area contributed by atoms with Gasteiger partial charge >= 0.3 is 5.97 Å². The Kier molecular flexibility index (Phi) is 2.91. The first-order chi connectivity index (χ1) is 6.21. The highest BCUT2D eigenvalue weighted by Crippen LogP contribution is 2.38. The number of ether oxygens (including phenoxy) is 2. The van der Waals surface area contributed by atoms with Crippen LogP contribution in [0, 0.1) is 0 Å². The maximum Gasteiger partial charge on any atom is 0.306 e. The molecule has 0 aromatic carbocycles. The second-order valence-corrected chi connectivity index (χ2v) is 5.34. The predicted octanol–water partition coefficient (Wildman–Crippen LogP) is 2.29. The van der Waals surface area contributed by atoms with E-state index >= 15 is 0 Å². The predicted molar refractivity (Wildman–Crippen MR) is 54.0 cm³/mol. The molecule has 0 bridgehead atoms. The van der Waals surface area contributed by atoms with Crippen LogP contribution in [0.3, 0.4) is 0 Å². The maximum absolute atomic E-state index is 11.3. The minimum Gasteiger partial charge on any atom is -0.460 e. The fourth-order valence-corrected chi connectivity index (χ4v) is 1.38. The Morgan fingerprint density at radius 3 is 2.29 bits per heavy atom. The van der Waals surface area contributed by atoms with Crippen LogP contribution in [0.25, 0.3) is 0 Å². The van der Waals surface area contributed by atoms with Gasteiger partial charge in [-0.05, 0) is 41.0 Å². The van der Waals surface area contributed by atoms with Crippen molar-refractivity contribution in [2.24, 2.45) is 0 Å². The highest BCUT2D eigenvalue weighted by molar-refractivity contribution is 5.69. The van der Waals surface area contributed by atoms with Gasteiger partial charge in [-0.15, -0.1) is 0 Å². The largest absolute Gasteiger partial charge is 0.460 e. The zero-order valence-corrected chi connectivity index (χ0v) is 9.72. The monoisotopic (exact) mass is 200 g/mol. The van der Waals surface area contributed by atoms with Crippen molar-refractivity contribution >= 4 is 5.97 Å². The van der Waals surface area contributed by atoms with Gasteiger partial charge in [-0.1, -0.05) is 0 Å². The summed E-state index contributed by atoms with van der Waals surface area (Å²) >= 11 is 0. The molecular weight excluding hydrogens is 180 g/mol. The molecule has 1 atom stereocenters. The summed E-state index contributed by atoms with van der Waals surface area (Å²) in [6, 6.07) is 0. The molecule has 0 saturated carbocycles. The van der Waals surface area contributed by atoms with Crippen LogP contribution in [-0.4, -0.2) is 23.3 Å². The van der Waals surface area contributed by atoms with Crippen LogP contribution in [0.1, 0.15) is 47.5 Å². The molecule has 3 heteroatoms. The number of carbonyl (C=O) groups is 1. The zero-order valence-electron chi connectivity index (χ0n) is 9.72. The summed E-state index contributed by atoms with van der Waals surface area (Å²) < 4.78 is 10.6. The molecule has 1 rings (SSSR count). The van der Waals surface area contributed by atoms with Gasteiger partial charge in [-0.3, -0.25) is 4.79 Å². The average Bonchev–Trinajstić information content (AvgIpc) is 2.51. The van der Waals surface area contributed by atoms with Gasteiger partial charge in [-0.25, -0.2) is 0 Å². The minimum atomic E-state index is -0.378. The lowest BCUT2D eigenvalue weighted by molar-refractivity contribution is -0.155. The average molecular weight is 200 g/mol. The van der Waals surface area contributed by atoms with Gasteiger partial charge in [0.15, 0.2) is 0 Å². The summed E-state index contributed by atoms with van der Waals surface area (Å²) in [5, 5.41) is 0. The van der Waals surface area contributed by atoms with E-state index in [0.29, 0.717) is 6.42 Å². The highest BCUT2D eigenvalue weighted by Gasteiger charge is 2.47. The third-order valence-electron chi connectivity index (χ3n) is 2.19. The smallest absolute Gasteiger partial charge is 0.306 e. The van der Waals surface area contributed by atoms with Gasteiger partial charge in [0.2, 0.25) is 0 Å². The lowest BCUT2D eigenvalue weighted by Gasteiger charge is -2.19. The summed E-state index contributed by atoms with van der Waals surface area (Å²) in [5.41, 5.74) is -0.404. The molecule has 0 aromatic rings. The molecule has 1 unspecified atom stereocenters. The number of rotatable bonds is 3. The Morgan fingerprint density at radius 2 is 1.93 bits per heavy atom. The number of esters is 1. The van der Waals surface area contributed by atoms with Crippen LogP contribution in [0.2, 0.25) is 0 Å². The molecule has 1 fully saturated rings. The van der Waals surface area contributed by atoms with Crippen molar-refractivity contribution < 1.29 is 14.3 Å². The van der Waals surface area contributed by atoms with Gasteiger partial charge in [0.1, 0.15) is 5.60 Å². The van der Waals surface area contributed by atoms with Gasteiger partial charge in [0, 0.05) is 6.42 Å². The fraction of sp³-hybridized carbons (Fsp3) is 0.909. The second kappa shape index (κ2) is 3.54. The van der Waals surface area contributed by atoms with Crippen LogP contribution >= 0.6 is 0 Å². The molecule has 0 aromatic heterocycles. The van der Waals surface area contributed by atoms with E-state index in [4.69, 9.17) is 9.47 Å². The fourth-order valence-electron chi connectivity index (χ4n) is 1.38. The maximum atomic E-state index is 11.3. The number of hydrogen-bond donors (Lipinski definition) is 0. The third kappa shape index (κ3) is 3.66. The molecular formula is C11H20O3. The van der Waals surface area contributed by atoms with E-state index in [1.54, 1.807) is 0 Å². The van der Waals surface area contributed by atoms with Crippen LogP contribution < -0.4 is 0 Å². The minimum absolute atomic E-state index is 0.0258. The summed E-state index contributed by atoms with van der Waals surface area (Å²) in [5.74, 6) is -0.135. The lowest BCUT2D eigenvalue weighted by atomic mass is 10.1. The summed E-state index contributed by atoms with van der Waals surface area (Å²) in [6.07, 6.45) is 1.45. The van der Waals surface area contributed by atoms with E-state index in [0.717, 1.165) is 6.42 Å². The Morgan fingerprint density at radius 1 is 1.43 bits per heavy atom. The van der Waals surface area contributed by atoms with Crippen LogP contribution in [0.4, 0.5) is 0 Å². The van der Waals surface area contributed by atoms with E-state index in [-0.39, 0.29) is 23.3 Å². The summed E-state index contributed by atoms with van der Waals surface area (Å²) in [6.45, 7) is 9.70. The van der Waals surface area contributed by atoms with Crippen molar-refractivity contribution in [1.29, 1.82) is 0 Å². The van der Waals surface area contributed by atoms with E-state index in [2.05, 4.69) is 0 Å². The van der Waals surface area contributed by atoms with Crippen molar-refractivity contribution in [1.82, 2.24) is 0 Å². The van der Waals surface area contributed by atoms with E-state index in [1.807, 2.05) is 34.6 Å². The molecule has 82 valence electrons. The molecule has 1 heterocycles. The van der Waals surface area contributed by atoms with E-state index < -0.39 is 0 Å². The van der Waals surface area contributed by atoms with E-state index in [1.165, 1.54) is 0 Å².